The van der Waals surface area contributed by atoms with Gasteiger partial charge in [-0.1, -0.05) is 52.9 Å². The summed E-state index contributed by atoms with van der Waals surface area (Å²) >= 11 is 0. The molecule has 1 saturated carbocycles. The van der Waals surface area contributed by atoms with Crippen LogP contribution in [0, 0.1) is 5.92 Å². The molecule has 0 aliphatic heterocycles. The lowest BCUT2D eigenvalue weighted by atomic mass is 10.0. The highest BCUT2D eigenvalue weighted by Crippen LogP contribution is 2.28. The number of aromatic nitrogens is 2. The van der Waals surface area contributed by atoms with E-state index in [1.807, 2.05) is 0 Å². The number of aliphatic hydroxyl groups excluding tert-OH is 2. The maximum Gasteiger partial charge on any atom is 0.161 e. The Morgan fingerprint density at radius 2 is 1.96 bits per heavy atom. The molecular weight excluding hydrogens is 330 g/mol. The van der Waals surface area contributed by atoms with Crippen molar-refractivity contribution in [2.45, 2.75) is 71.8 Å². The Kier molecular flexibility index (Phi) is 13.5. The Bertz CT molecular complexity index is 493. The number of hydrogen-bond acceptors (Lipinski definition) is 7. The molecule has 1 atom stereocenters. The molecule has 1 aliphatic carbocycles. The summed E-state index contributed by atoms with van der Waals surface area (Å²) in [5.41, 5.74) is 5.92. The van der Waals surface area contributed by atoms with Gasteiger partial charge in [-0.15, -0.1) is 0 Å². The lowest BCUT2D eigenvalue weighted by Crippen LogP contribution is -2.19. The number of nitrogens with zero attached hydrogens (tertiary/aromatic N) is 4. The van der Waals surface area contributed by atoms with Gasteiger partial charge >= 0.3 is 0 Å². The molecule has 2 rings (SSSR count). The molecule has 4 N–H and O–H groups in total. The monoisotopic (exact) mass is 367 g/mol. The third kappa shape index (κ3) is 9.68. The smallest absolute Gasteiger partial charge is 0.161 e. The summed E-state index contributed by atoms with van der Waals surface area (Å²) in [4.78, 5) is 12.8. The Labute approximate surface area is 158 Å². The van der Waals surface area contributed by atoms with Crippen molar-refractivity contribution in [2.75, 3.05) is 24.4 Å². The standard InChI is InChI=1S/C7H11N5O.C7H16.C5H10O/c1-9-5-6(8)10-3-11-7(5)12(2)4-13;1-4-6-7(3)5-2;6-5-3-1-2-4-5/h3,13H,1,4H2,2H3,(H2,8,10,11);7H,4-6H2,1-3H3;5-6H,1-4H2/t;7-;/m.1./s1. The van der Waals surface area contributed by atoms with Gasteiger partial charge in [-0.2, -0.15) is 0 Å². The summed E-state index contributed by atoms with van der Waals surface area (Å²) in [6, 6.07) is 0. The van der Waals surface area contributed by atoms with Crippen LogP contribution in [0.3, 0.4) is 0 Å². The van der Waals surface area contributed by atoms with E-state index in [2.05, 4.69) is 42.4 Å². The summed E-state index contributed by atoms with van der Waals surface area (Å²) in [6.45, 7) is 9.98. The summed E-state index contributed by atoms with van der Waals surface area (Å²) in [5, 5.41) is 17.6. The molecule has 1 aliphatic rings. The van der Waals surface area contributed by atoms with Gasteiger partial charge in [-0.05, 0) is 25.5 Å². The van der Waals surface area contributed by atoms with Crippen molar-refractivity contribution in [1.29, 1.82) is 0 Å². The summed E-state index contributed by atoms with van der Waals surface area (Å²) in [7, 11) is 1.66. The molecule has 1 aromatic heterocycles. The molecule has 0 amide bonds. The third-order valence-electron chi connectivity index (χ3n) is 4.37. The molecule has 1 fully saturated rings. The molecule has 26 heavy (non-hydrogen) atoms. The van der Waals surface area contributed by atoms with Gasteiger partial charge < -0.3 is 20.8 Å². The zero-order valence-electron chi connectivity index (χ0n) is 16.9. The number of nitrogen functional groups attached to an aromatic ring is 1. The minimum absolute atomic E-state index is 0.0463. The highest BCUT2D eigenvalue weighted by atomic mass is 16.3. The van der Waals surface area contributed by atoms with Crippen molar-refractivity contribution in [1.82, 2.24) is 9.97 Å². The lowest BCUT2D eigenvalue weighted by Gasteiger charge is -2.16. The van der Waals surface area contributed by atoms with E-state index in [-0.39, 0.29) is 18.7 Å². The van der Waals surface area contributed by atoms with Gasteiger partial charge in [0.2, 0.25) is 0 Å². The Hall–Kier alpha value is -1.73. The van der Waals surface area contributed by atoms with Gasteiger partial charge in [-0.3, -0.25) is 4.99 Å². The van der Waals surface area contributed by atoms with Crippen molar-refractivity contribution in [3.8, 4) is 0 Å². The molecule has 0 aromatic carbocycles. The van der Waals surface area contributed by atoms with Crippen LogP contribution in [-0.4, -0.2) is 46.8 Å². The van der Waals surface area contributed by atoms with Crippen LogP contribution in [0.2, 0.25) is 0 Å². The molecule has 7 nitrogen and oxygen atoms in total. The molecule has 0 spiro atoms. The van der Waals surface area contributed by atoms with Crippen LogP contribution in [0.15, 0.2) is 11.3 Å². The Morgan fingerprint density at radius 1 is 1.35 bits per heavy atom. The van der Waals surface area contributed by atoms with E-state index in [0.717, 1.165) is 18.8 Å². The normalized spacial score (nSPS) is 14.5. The van der Waals surface area contributed by atoms with E-state index in [1.165, 1.54) is 43.3 Å². The van der Waals surface area contributed by atoms with Gasteiger partial charge in [-0.25, -0.2) is 9.97 Å². The predicted octanol–water partition coefficient (Wildman–Crippen LogP) is 3.53. The maximum absolute atomic E-state index is 8.86. The highest BCUT2D eigenvalue weighted by molar-refractivity contribution is 5.74. The molecule has 0 bridgehead atoms. The van der Waals surface area contributed by atoms with Crippen LogP contribution in [0.1, 0.15) is 65.7 Å². The van der Waals surface area contributed by atoms with Crippen molar-refractivity contribution in [3.63, 3.8) is 0 Å². The molecule has 7 heteroatoms. The van der Waals surface area contributed by atoms with Crippen molar-refractivity contribution in [3.05, 3.63) is 6.33 Å². The largest absolute Gasteiger partial charge is 0.393 e. The molecular formula is C19H37N5O2. The zero-order valence-corrected chi connectivity index (χ0v) is 16.9. The molecule has 1 aromatic rings. The topological polar surface area (TPSA) is 108 Å². The number of hydrogen-bond donors (Lipinski definition) is 3. The summed E-state index contributed by atoms with van der Waals surface area (Å²) in [5.74, 6) is 1.66. The van der Waals surface area contributed by atoms with Gasteiger partial charge in [0.15, 0.2) is 11.6 Å². The first-order valence-electron chi connectivity index (χ1n) is 9.48. The van der Waals surface area contributed by atoms with E-state index in [4.69, 9.17) is 15.9 Å². The van der Waals surface area contributed by atoms with Gasteiger partial charge in [0.05, 0.1) is 6.10 Å². The van der Waals surface area contributed by atoms with E-state index < -0.39 is 0 Å². The molecule has 0 saturated heterocycles. The van der Waals surface area contributed by atoms with Gasteiger partial charge in [0.25, 0.3) is 0 Å². The first-order valence-corrected chi connectivity index (χ1v) is 9.48. The zero-order chi connectivity index (χ0) is 19.9. The van der Waals surface area contributed by atoms with E-state index >= 15 is 0 Å². The number of rotatable bonds is 6. The second kappa shape index (κ2) is 14.4. The number of aliphatic hydroxyl groups is 2. The molecule has 150 valence electrons. The van der Waals surface area contributed by atoms with Crippen LogP contribution in [0.5, 0.6) is 0 Å². The fourth-order valence-electron chi connectivity index (χ4n) is 2.48. The molecule has 1 heterocycles. The van der Waals surface area contributed by atoms with E-state index in [1.54, 1.807) is 7.05 Å². The van der Waals surface area contributed by atoms with Crippen molar-refractivity contribution < 1.29 is 10.2 Å². The lowest BCUT2D eigenvalue weighted by molar-refractivity contribution is 0.183. The average Bonchev–Trinajstić information content (AvgIpc) is 3.13. The summed E-state index contributed by atoms with van der Waals surface area (Å²) in [6.07, 6.45) is 10.00. The quantitative estimate of drug-likeness (QED) is 0.524. The third-order valence-corrected chi connectivity index (χ3v) is 4.37. The average molecular weight is 368 g/mol. The van der Waals surface area contributed by atoms with E-state index in [9.17, 15) is 0 Å². The number of nitrogens with two attached hydrogens (primary N) is 1. The van der Waals surface area contributed by atoms with Crippen molar-refractivity contribution >= 4 is 24.0 Å². The second-order valence-electron chi connectivity index (χ2n) is 6.67. The van der Waals surface area contributed by atoms with E-state index in [0.29, 0.717) is 11.5 Å². The minimum Gasteiger partial charge on any atom is -0.393 e. The first kappa shape index (κ1) is 24.3. The SMILES string of the molecule is C=Nc1c(N)ncnc1N(C)CO.CCC[C@H](C)CC.OC1CCCC1. The molecule has 0 unspecified atom stereocenters. The van der Waals surface area contributed by atoms with Crippen LogP contribution in [0.4, 0.5) is 17.3 Å². The van der Waals surface area contributed by atoms with Crippen LogP contribution in [-0.2, 0) is 0 Å². The Balaban J connectivity index is 0.000000404. The fraction of sp³-hybridized carbons (Fsp3) is 0.737. The fourth-order valence-corrected chi connectivity index (χ4v) is 2.48. The summed E-state index contributed by atoms with van der Waals surface area (Å²) < 4.78 is 0. The number of anilines is 2. The predicted molar refractivity (Wildman–Crippen MR) is 110 cm³/mol. The van der Waals surface area contributed by atoms with Gasteiger partial charge in [0.1, 0.15) is 18.7 Å². The van der Waals surface area contributed by atoms with Crippen LogP contribution < -0.4 is 10.6 Å². The maximum atomic E-state index is 8.86. The van der Waals surface area contributed by atoms with Crippen molar-refractivity contribution in [2.24, 2.45) is 10.9 Å². The van der Waals surface area contributed by atoms with Crippen LogP contribution in [0.25, 0.3) is 0 Å². The minimum atomic E-state index is -0.168. The number of aliphatic imine (C=N–C) groups is 1. The first-order chi connectivity index (χ1) is 12.4. The highest BCUT2D eigenvalue weighted by Gasteiger charge is 2.10. The molecule has 0 radical (unpaired) electrons. The second-order valence-corrected chi connectivity index (χ2v) is 6.67. The van der Waals surface area contributed by atoms with Gasteiger partial charge in [0, 0.05) is 7.05 Å². The Morgan fingerprint density at radius 3 is 2.31 bits per heavy atom. The van der Waals surface area contributed by atoms with Crippen LogP contribution >= 0.6 is 0 Å².